The summed E-state index contributed by atoms with van der Waals surface area (Å²) in [6.07, 6.45) is 0.877. The molecule has 1 aromatic carbocycles. The van der Waals surface area contributed by atoms with Gasteiger partial charge < -0.3 is 10.1 Å². The average Bonchev–Trinajstić information content (AvgIpc) is 3.03. The van der Waals surface area contributed by atoms with Gasteiger partial charge in [-0.25, -0.2) is 4.98 Å². The van der Waals surface area contributed by atoms with Crippen LogP contribution in [0.15, 0.2) is 23.6 Å². The molecular formula is C14H14N2O2S. The zero-order chi connectivity index (χ0) is 13.2. The van der Waals surface area contributed by atoms with E-state index in [2.05, 4.69) is 10.3 Å². The predicted octanol–water partition coefficient (Wildman–Crippen LogP) is 2.32. The van der Waals surface area contributed by atoms with Crippen molar-refractivity contribution in [3.8, 4) is 5.75 Å². The summed E-state index contributed by atoms with van der Waals surface area (Å²) in [7, 11) is 0. The molecule has 19 heavy (non-hydrogen) atoms. The first kappa shape index (κ1) is 12.2. The second-order valence-electron chi connectivity index (χ2n) is 4.49. The van der Waals surface area contributed by atoms with Gasteiger partial charge in [0.1, 0.15) is 10.8 Å². The summed E-state index contributed by atoms with van der Waals surface area (Å²) in [5.74, 6) is 0.828. The molecule has 3 rings (SSSR count). The normalized spacial score (nSPS) is 12.9. The first-order chi connectivity index (χ1) is 9.22. The van der Waals surface area contributed by atoms with Crippen LogP contribution in [0.25, 0.3) is 0 Å². The van der Waals surface area contributed by atoms with Crippen LogP contribution in [0.2, 0.25) is 0 Å². The minimum Gasteiger partial charge on any atom is -0.493 e. The van der Waals surface area contributed by atoms with E-state index in [0.29, 0.717) is 18.7 Å². The Balaban J connectivity index is 1.67. The highest BCUT2D eigenvalue weighted by Crippen LogP contribution is 2.25. The number of carbonyl (C=O) groups excluding carboxylic acids is 1. The Morgan fingerprint density at radius 1 is 1.53 bits per heavy atom. The van der Waals surface area contributed by atoms with Crippen molar-refractivity contribution in [1.29, 1.82) is 0 Å². The van der Waals surface area contributed by atoms with Crippen LogP contribution in [-0.2, 0) is 13.0 Å². The first-order valence-electron chi connectivity index (χ1n) is 6.17. The van der Waals surface area contributed by atoms with E-state index >= 15 is 0 Å². The van der Waals surface area contributed by atoms with Crippen molar-refractivity contribution in [2.75, 3.05) is 6.61 Å². The van der Waals surface area contributed by atoms with Crippen LogP contribution in [0.5, 0.6) is 5.75 Å². The van der Waals surface area contributed by atoms with Gasteiger partial charge in [0, 0.05) is 23.1 Å². The molecule has 4 nitrogen and oxygen atoms in total. The standard InChI is InChI=1S/C14H14N2O2S/c1-9-8-19-13(16-9)7-15-14(17)11-2-3-12-10(6-11)4-5-18-12/h2-3,6,8H,4-5,7H2,1H3,(H,15,17). The highest BCUT2D eigenvalue weighted by atomic mass is 32.1. The molecule has 1 aliphatic rings. The number of nitrogens with one attached hydrogen (secondary N) is 1. The Labute approximate surface area is 115 Å². The highest BCUT2D eigenvalue weighted by Gasteiger charge is 2.15. The summed E-state index contributed by atoms with van der Waals surface area (Å²) >= 11 is 1.56. The van der Waals surface area contributed by atoms with Gasteiger partial charge in [-0.3, -0.25) is 4.79 Å². The molecule has 0 aliphatic carbocycles. The zero-order valence-electron chi connectivity index (χ0n) is 10.6. The number of nitrogens with zero attached hydrogens (tertiary/aromatic N) is 1. The Kier molecular flexibility index (Phi) is 3.21. The second-order valence-corrected chi connectivity index (χ2v) is 5.43. The first-order valence-corrected chi connectivity index (χ1v) is 7.05. The topological polar surface area (TPSA) is 51.2 Å². The van der Waals surface area contributed by atoms with Crippen LogP contribution in [0.1, 0.15) is 26.6 Å². The Hall–Kier alpha value is -1.88. The summed E-state index contributed by atoms with van der Waals surface area (Å²) in [6, 6.07) is 5.57. The molecule has 0 spiro atoms. The molecule has 2 aromatic rings. The molecule has 1 aromatic heterocycles. The minimum atomic E-state index is -0.0671. The number of benzene rings is 1. The van der Waals surface area contributed by atoms with Crippen LogP contribution in [0.3, 0.4) is 0 Å². The fraction of sp³-hybridized carbons (Fsp3) is 0.286. The third kappa shape index (κ3) is 2.61. The molecule has 0 saturated carbocycles. The summed E-state index contributed by atoms with van der Waals surface area (Å²) in [6.45, 7) is 3.13. The van der Waals surface area contributed by atoms with E-state index in [1.165, 1.54) is 0 Å². The fourth-order valence-corrected chi connectivity index (χ4v) is 2.78. The summed E-state index contributed by atoms with van der Waals surface area (Å²) < 4.78 is 5.43. The van der Waals surface area contributed by atoms with Gasteiger partial charge in [0.25, 0.3) is 5.91 Å². The predicted molar refractivity (Wildman–Crippen MR) is 73.7 cm³/mol. The molecule has 0 radical (unpaired) electrons. The lowest BCUT2D eigenvalue weighted by Gasteiger charge is -2.05. The summed E-state index contributed by atoms with van der Waals surface area (Å²) in [5, 5.41) is 5.79. The highest BCUT2D eigenvalue weighted by molar-refractivity contribution is 7.09. The fourth-order valence-electron chi connectivity index (χ4n) is 2.07. The molecular weight excluding hydrogens is 260 g/mol. The van der Waals surface area contributed by atoms with Gasteiger partial charge in [-0.2, -0.15) is 0 Å². The van der Waals surface area contributed by atoms with Crippen molar-refractivity contribution >= 4 is 17.2 Å². The molecule has 1 amide bonds. The molecule has 0 bridgehead atoms. The molecule has 0 fully saturated rings. The summed E-state index contributed by atoms with van der Waals surface area (Å²) in [4.78, 5) is 16.4. The molecule has 0 saturated heterocycles. The lowest BCUT2D eigenvalue weighted by Crippen LogP contribution is -2.22. The number of amides is 1. The monoisotopic (exact) mass is 274 g/mol. The van der Waals surface area contributed by atoms with E-state index in [1.807, 2.05) is 24.4 Å². The number of hydrogen-bond donors (Lipinski definition) is 1. The number of hydrogen-bond acceptors (Lipinski definition) is 4. The van der Waals surface area contributed by atoms with Gasteiger partial charge in [0.15, 0.2) is 0 Å². The van der Waals surface area contributed by atoms with Crippen molar-refractivity contribution < 1.29 is 9.53 Å². The van der Waals surface area contributed by atoms with Crippen molar-refractivity contribution in [3.63, 3.8) is 0 Å². The molecule has 0 unspecified atom stereocenters. The maximum Gasteiger partial charge on any atom is 0.251 e. The number of aromatic nitrogens is 1. The SMILES string of the molecule is Cc1csc(CNC(=O)c2ccc3c(c2)CCO3)n1. The van der Waals surface area contributed by atoms with Crippen molar-refractivity contribution in [3.05, 3.63) is 45.4 Å². The molecule has 1 aliphatic heterocycles. The second kappa shape index (κ2) is 5.01. The van der Waals surface area contributed by atoms with Crippen molar-refractivity contribution in [2.45, 2.75) is 19.9 Å². The van der Waals surface area contributed by atoms with E-state index in [-0.39, 0.29) is 5.91 Å². The van der Waals surface area contributed by atoms with E-state index < -0.39 is 0 Å². The summed E-state index contributed by atoms with van der Waals surface area (Å²) in [5.41, 5.74) is 2.78. The maximum absolute atomic E-state index is 12.0. The van der Waals surface area contributed by atoms with Gasteiger partial charge in [-0.15, -0.1) is 11.3 Å². The van der Waals surface area contributed by atoms with Gasteiger partial charge in [-0.1, -0.05) is 0 Å². The van der Waals surface area contributed by atoms with Gasteiger partial charge in [0.05, 0.1) is 13.2 Å². The van der Waals surface area contributed by atoms with E-state index in [1.54, 1.807) is 17.4 Å². The van der Waals surface area contributed by atoms with Crippen LogP contribution < -0.4 is 10.1 Å². The number of fused-ring (bicyclic) bond motifs is 1. The van der Waals surface area contributed by atoms with E-state index in [9.17, 15) is 4.79 Å². The molecule has 1 N–H and O–H groups in total. The van der Waals surface area contributed by atoms with Crippen molar-refractivity contribution in [1.82, 2.24) is 10.3 Å². The third-order valence-electron chi connectivity index (χ3n) is 3.02. The van der Waals surface area contributed by atoms with Gasteiger partial charge >= 0.3 is 0 Å². The Morgan fingerprint density at radius 3 is 3.21 bits per heavy atom. The smallest absolute Gasteiger partial charge is 0.251 e. The quantitative estimate of drug-likeness (QED) is 0.934. The molecule has 5 heteroatoms. The lowest BCUT2D eigenvalue weighted by molar-refractivity contribution is 0.0951. The van der Waals surface area contributed by atoms with Gasteiger partial charge in [0.2, 0.25) is 0 Å². The van der Waals surface area contributed by atoms with Gasteiger partial charge in [-0.05, 0) is 30.7 Å². The molecule has 98 valence electrons. The average molecular weight is 274 g/mol. The number of carbonyl (C=O) groups is 1. The Morgan fingerprint density at radius 2 is 2.42 bits per heavy atom. The van der Waals surface area contributed by atoms with Crippen molar-refractivity contribution in [2.24, 2.45) is 0 Å². The number of thiazole rings is 1. The zero-order valence-corrected chi connectivity index (χ0v) is 11.4. The van der Waals surface area contributed by atoms with Crippen LogP contribution in [-0.4, -0.2) is 17.5 Å². The number of aryl methyl sites for hydroxylation is 1. The lowest BCUT2D eigenvalue weighted by atomic mass is 10.1. The molecule has 0 atom stereocenters. The van der Waals surface area contributed by atoms with Crippen LogP contribution in [0.4, 0.5) is 0 Å². The number of ether oxygens (including phenoxy) is 1. The van der Waals surface area contributed by atoms with Crippen LogP contribution in [0, 0.1) is 6.92 Å². The third-order valence-corrected chi connectivity index (χ3v) is 3.99. The largest absolute Gasteiger partial charge is 0.493 e. The van der Waals surface area contributed by atoms with E-state index in [4.69, 9.17) is 4.74 Å². The van der Waals surface area contributed by atoms with Crippen LogP contribution >= 0.6 is 11.3 Å². The molecule has 2 heterocycles. The minimum absolute atomic E-state index is 0.0671. The Bertz CT molecular complexity index is 622. The van der Waals surface area contributed by atoms with E-state index in [0.717, 1.165) is 28.4 Å². The number of rotatable bonds is 3. The maximum atomic E-state index is 12.0.